The minimum Gasteiger partial charge on any atom is -0.376 e. The number of thiophene rings is 1. The van der Waals surface area contributed by atoms with Crippen LogP contribution < -0.4 is 10.6 Å². The average Bonchev–Trinajstić information content (AvgIpc) is 3.61. The van der Waals surface area contributed by atoms with E-state index in [1.54, 1.807) is 0 Å². The van der Waals surface area contributed by atoms with Gasteiger partial charge in [-0.2, -0.15) is 0 Å². The molecule has 0 bridgehead atoms. The Morgan fingerprint density at radius 1 is 1.22 bits per heavy atom. The predicted molar refractivity (Wildman–Crippen MR) is 143 cm³/mol. The molecule has 2 N–H and O–H groups in total. The number of ether oxygens (including phenoxy) is 1. The molecule has 1 aliphatic heterocycles. The van der Waals surface area contributed by atoms with Crippen LogP contribution in [0.25, 0.3) is 0 Å². The van der Waals surface area contributed by atoms with E-state index in [2.05, 4.69) is 39.7 Å². The van der Waals surface area contributed by atoms with Gasteiger partial charge < -0.3 is 15.4 Å². The fourth-order valence-electron chi connectivity index (χ4n) is 4.49. The first kappa shape index (κ1) is 25.2. The number of anilines is 1. The van der Waals surface area contributed by atoms with Crippen LogP contribution in [0.15, 0.2) is 35.6 Å². The van der Waals surface area contributed by atoms with E-state index in [9.17, 15) is 9.59 Å². The topological polar surface area (TPSA) is 93.2 Å². The highest BCUT2D eigenvalue weighted by Crippen LogP contribution is 2.39. The Kier molecular flexibility index (Phi) is 7.90. The van der Waals surface area contributed by atoms with Crippen molar-refractivity contribution in [3.63, 3.8) is 0 Å². The Morgan fingerprint density at radius 2 is 2.08 bits per heavy atom. The van der Waals surface area contributed by atoms with Crippen LogP contribution in [0.1, 0.15) is 61.7 Å². The van der Waals surface area contributed by atoms with Crippen LogP contribution in [0.5, 0.6) is 0 Å². The monoisotopic (exact) mass is 542 g/mol. The van der Waals surface area contributed by atoms with Crippen LogP contribution in [-0.4, -0.2) is 41.0 Å². The van der Waals surface area contributed by atoms with E-state index in [4.69, 9.17) is 16.3 Å². The second-order valence-electron chi connectivity index (χ2n) is 8.92. The molecule has 10 heteroatoms. The van der Waals surface area contributed by atoms with Crippen molar-refractivity contribution in [1.29, 1.82) is 0 Å². The number of aryl methyl sites for hydroxylation is 2. The highest BCUT2D eigenvalue weighted by Gasteiger charge is 2.29. The number of hydrogen-bond acceptors (Lipinski definition) is 7. The lowest BCUT2D eigenvalue weighted by atomic mass is 10.1. The Balaban J connectivity index is 1.32. The first-order valence-corrected chi connectivity index (χ1v) is 14.2. The van der Waals surface area contributed by atoms with Crippen LogP contribution in [0.4, 0.5) is 5.00 Å². The Morgan fingerprint density at radius 3 is 2.89 bits per heavy atom. The maximum absolute atomic E-state index is 13.2. The van der Waals surface area contributed by atoms with Gasteiger partial charge in [0.15, 0.2) is 10.9 Å². The third-order valence-electron chi connectivity index (χ3n) is 6.44. The van der Waals surface area contributed by atoms with Crippen LogP contribution in [0.3, 0.4) is 0 Å². The van der Waals surface area contributed by atoms with Crippen molar-refractivity contribution in [1.82, 2.24) is 15.3 Å². The molecule has 36 heavy (non-hydrogen) atoms. The summed E-state index contributed by atoms with van der Waals surface area (Å²) in [4.78, 5) is 36.3. The van der Waals surface area contributed by atoms with E-state index >= 15 is 0 Å². The Labute approximate surface area is 223 Å². The molecule has 0 spiro atoms. The second-order valence-corrected chi connectivity index (χ2v) is 11.4. The molecule has 1 aromatic carbocycles. The largest absolute Gasteiger partial charge is 0.376 e. The lowest BCUT2D eigenvalue weighted by molar-refractivity contribution is 0.0858. The molecule has 0 radical (unpaired) electrons. The number of nitrogens with one attached hydrogen (secondary N) is 2. The number of thioether (sulfide) groups is 1. The summed E-state index contributed by atoms with van der Waals surface area (Å²) in [6, 6.07) is 8.12. The number of nitrogens with zero attached hydrogens (tertiary/aromatic N) is 2. The van der Waals surface area contributed by atoms with Gasteiger partial charge in [-0.15, -0.1) is 11.3 Å². The SMILES string of the molecule is Cc1ccccc1CSc1ncc(Cl)c(C(=O)Nc2sc3c(c2C(=O)NCC2CCCO2)CCC3)n1. The molecule has 1 fully saturated rings. The van der Waals surface area contributed by atoms with Gasteiger partial charge in [-0.05, 0) is 55.7 Å². The molecule has 3 heterocycles. The standard InChI is InChI=1S/C26H27ClN4O3S2/c1-15-6-2-3-7-16(15)14-35-26-29-13-19(27)22(30-26)24(33)31-25-21(18-9-4-10-20(18)36-25)23(32)28-12-17-8-5-11-34-17/h2-3,6-7,13,17H,4-5,8-12,14H2,1H3,(H,28,32)(H,31,33). The lowest BCUT2D eigenvalue weighted by Crippen LogP contribution is -2.32. The minimum absolute atomic E-state index is 0.0501. The van der Waals surface area contributed by atoms with Gasteiger partial charge in [-0.1, -0.05) is 47.6 Å². The summed E-state index contributed by atoms with van der Waals surface area (Å²) in [6.45, 7) is 3.26. The van der Waals surface area contributed by atoms with Gasteiger partial charge in [0, 0.05) is 23.8 Å². The van der Waals surface area contributed by atoms with Crippen LogP contribution in [0.2, 0.25) is 5.02 Å². The van der Waals surface area contributed by atoms with Crippen LogP contribution in [0, 0.1) is 6.92 Å². The third kappa shape index (κ3) is 5.59. The van der Waals surface area contributed by atoms with E-state index in [0.717, 1.165) is 49.2 Å². The van der Waals surface area contributed by atoms with Crippen molar-refractivity contribution in [2.45, 2.75) is 56.0 Å². The molecule has 1 unspecified atom stereocenters. The smallest absolute Gasteiger partial charge is 0.276 e. The fraction of sp³-hybridized carbons (Fsp3) is 0.385. The van der Waals surface area contributed by atoms with Crippen LogP contribution in [-0.2, 0) is 23.3 Å². The number of carbonyl (C=O) groups excluding carboxylic acids is 2. The number of hydrogen-bond donors (Lipinski definition) is 2. The molecule has 5 rings (SSSR count). The number of rotatable bonds is 8. The molecule has 1 atom stereocenters. The van der Waals surface area contributed by atoms with E-state index < -0.39 is 5.91 Å². The number of carbonyl (C=O) groups is 2. The Bertz CT molecular complexity index is 1290. The first-order valence-electron chi connectivity index (χ1n) is 12.0. The molecule has 1 saturated heterocycles. The van der Waals surface area contributed by atoms with Gasteiger partial charge in [-0.3, -0.25) is 9.59 Å². The maximum Gasteiger partial charge on any atom is 0.276 e. The molecule has 7 nitrogen and oxygen atoms in total. The molecular formula is C26H27ClN4O3S2. The predicted octanol–water partition coefficient (Wildman–Crippen LogP) is 5.44. The summed E-state index contributed by atoms with van der Waals surface area (Å²) in [5.74, 6) is 0.0545. The van der Waals surface area contributed by atoms with Crippen molar-refractivity contribution in [3.05, 3.63) is 68.3 Å². The Hall–Kier alpha value is -2.46. The molecule has 0 saturated carbocycles. The molecule has 188 valence electrons. The van der Waals surface area contributed by atoms with Crippen molar-refractivity contribution in [2.24, 2.45) is 0 Å². The zero-order chi connectivity index (χ0) is 25.1. The van der Waals surface area contributed by atoms with Gasteiger partial charge in [0.1, 0.15) is 5.00 Å². The van der Waals surface area contributed by atoms with Crippen molar-refractivity contribution in [3.8, 4) is 0 Å². The number of aromatic nitrogens is 2. The third-order valence-corrected chi connectivity index (χ3v) is 8.84. The summed E-state index contributed by atoms with van der Waals surface area (Å²) >= 11 is 9.22. The first-order chi connectivity index (χ1) is 17.5. The van der Waals surface area contributed by atoms with Gasteiger partial charge in [0.05, 0.1) is 22.9 Å². The van der Waals surface area contributed by atoms with E-state index in [0.29, 0.717) is 28.0 Å². The highest BCUT2D eigenvalue weighted by atomic mass is 35.5. The van der Waals surface area contributed by atoms with Gasteiger partial charge >= 0.3 is 0 Å². The van der Waals surface area contributed by atoms with Crippen molar-refractivity contribution < 1.29 is 14.3 Å². The lowest BCUT2D eigenvalue weighted by Gasteiger charge is -2.13. The summed E-state index contributed by atoms with van der Waals surface area (Å²) in [5, 5.41) is 7.10. The van der Waals surface area contributed by atoms with Gasteiger partial charge in [0.2, 0.25) is 0 Å². The summed E-state index contributed by atoms with van der Waals surface area (Å²) in [6.07, 6.45) is 6.22. The number of fused-ring (bicyclic) bond motifs is 1. The number of amides is 2. The number of benzene rings is 1. The molecule has 1 aliphatic carbocycles. The summed E-state index contributed by atoms with van der Waals surface area (Å²) < 4.78 is 5.63. The van der Waals surface area contributed by atoms with E-state index in [-0.39, 0.29) is 22.7 Å². The van der Waals surface area contributed by atoms with E-state index in [1.165, 1.54) is 40.4 Å². The number of halogens is 1. The highest BCUT2D eigenvalue weighted by molar-refractivity contribution is 7.98. The zero-order valence-corrected chi connectivity index (χ0v) is 22.3. The minimum atomic E-state index is -0.451. The normalized spacial score (nSPS) is 16.7. The quantitative estimate of drug-likeness (QED) is 0.291. The second kappa shape index (κ2) is 11.3. The summed E-state index contributed by atoms with van der Waals surface area (Å²) in [7, 11) is 0. The molecule has 2 aliphatic rings. The van der Waals surface area contributed by atoms with Gasteiger partial charge in [-0.25, -0.2) is 9.97 Å². The van der Waals surface area contributed by atoms with Gasteiger partial charge in [0.25, 0.3) is 11.8 Å². The zero-order valence-electron chi connectivity index (χ0n) is 19.9. The summed E-state index contributed by atoms with van der Waals surface area (Å²) in [5.41, 5.74) is 4.05. The van der Waals surface area contributed by atoms with Crippen LogP contribution >= 0.6 is 34.7 Å². The fourth-order valence-corrected chi connectivity index (χ4v) is 6.84. The molecular weight excluding hydrogens is 516 g/mol. The van der Waals surface area contributed by atoms with E-state index in [1.807, 2.05) is 12.1 Å². The van der Waals surface area contributed by atoms with Crippen molar-refractivity contribution in [2.75, 3.05) is 18.5 Å². The molecule has 2 amide bonds. The maximum atomic E-state index is 13.2. The molecule has 2 aromatic heterocycles. The molecule has 3 aromatic rings. The van der Waals surface area contributed by atoms with Crippen molar-refractivity contribution >= 4 is 51.5 Å². The average molecular weight is 543 g/mol.